The van der Waals surface area contributed by atoms with Gasteiger partial charge < -0.3 is 10.6 Å². The van der Waals surface area contributed by atoms with Gasteiger partial charge in [-0.1, -0.05) is 0 Å². The van der Waals surface area contributed by atoms with Crippen molar-refractivity contribution < 1.29 is 22.8 Å². The Hall–Kier alpha value is -2.06. The van der Waals surface area contributed by atoms with E-state index in [0.29, 0.717) is 4.90 Å². The minimum absolute atomic E-state index is 0.268. The summed E-state index contributed by atoms with van der Waals surface area (Å²) < 4.78 is 37.3. The summed E-state index contributed by atoms with van der Waals surface area (Å²) in [5.41, 5.74) is 4.35. The second kappa shape index (κ2) is 4.67. The van der Waals surface area contributed by atoms with E-state index in [0.717, 1.165) is 11.7 Å². The zero-order valence-electron chi connectivity index (χ0n) is 9.58. The minimum atomic E-state index is -4.50. The van der Waals surface area contributed by atoms with Crippen LogP contribution in [-0.2, 0) is 7.05 Å². The third-order valence-electron chi connectivity index (χ3n) is 2.01. The van der Waals surface area contributed by atoms with Crippen molar-refractivity contribution in [3.63, 3.8) is 0 Å². The van der Waals surface area contributed by atoms with E-state index in [2.05, 4.69) is 11.2 Å². The lowest BCUT2D eigenvalue weighted by Crippen LogP contribution is -2.36. The van der Waals surface area contributed by atoms with Crippen LogP contribution in [0.2, 0.25) is 0 Å². The van der Waals surface area contributed by atoms with Crippen LogP contribution in [0, 0.1) is 6.07 Å². The second-order valence-electron chi connectivity index (χ2n) is 3.59. The number of carbonyl (C=O) groups excluding carboxylic acids is 2. The van der Waals surface area contributed by atoms with Crippen molar-refractivity contribution in [2.24, 2.45) is 12.8 Å². The third-order valence-corrected chi connectivity index (χ3v) is 2.01. The Morgan fingerprint density at radius 2 is 2.06 bits per heavy atom. The highest BCUT2D eigenvalue weighted by Crippen LogP contribution is 2.17. The summed E-state index contributed by atoms with van der Waals surface area (Å²) >= 11 is 0. The standard InChI is InChI=1S/C9H10F3N4O2/c1-15(4-9(10,11)12)8(18)6-3-5(7(13)17)14-16(6)2/h4H2,1-2H3,(H2,13,17). The van der Waals surface area contributed by atoms with Gasteiger partial charge in [-0.15, -0.1) is 0 Å². The molecular formula is C9H10F3N4O2. The van der Waals surface area contributed by atoms with Gasteiger partial charge in [-0.3, -0.25) is 14.3 Å². The van der Waals surface area contributed by atoms with E-state index < -0.39 is 24.5 Å². The van der Waals surface area contributed by atoms with E-state index in [1.165, 1.54) is 7.05 Å². The summed E-state index contributed by atoms with van der Waals surface area (Å²) in [5.74, 6) is -1.86. The average molecular weight is 263 g/mol. The molecule has 1 rings (SSSR count). The quantitative estimate of drug-likeness (QED) is 0.830. The molecule has 0 atom stereocenters. The smallest absolute Gasteiger partial charge is 0.364 e. The van der Waals surface area contributed by atoms with Gasteiger partial charge in [0, 0.05) is 14.1 Å². The van der Waals surface area contributed by atoms with E-state index >= 15 is 0 Å². The number of primary amides is 1. The van der Waals surface area contributed by atoms with E-state index in [9.17, 15) is 22.8 Å². The largest absolute Gasteiger partial charge is 0.406 e. The molecule has 9 heteroatoms. The van der Waals surface area contributed by atoms with E-state index in [-0.39, 0.29) is 11.4 Å². The molecule has 2 amide bonds. The molecule has 1 aromatic heterocycles. The number of halogens is 3. The number of amides is 2. The molecule has 2 N–H and O–H groups in total. The molecule has 18 heavy (non-hydrogen) atoms. The number of carbonyl (C=O) groups is 2. The minimum Gasteiger partial charge on any atom is -0.364 e. The Morgan fingerprint density at radius 3 is 2.44 bits per heavy atom. The maximum absolute atomic E-state index is 12.1. The van der Waals surface area contributed by atoms with Gasteiger partial charge in [-0.2, -0.15) is 18.3 Å². The monoisotopic (exact) mass is 263 g/mol. The molecule has 0 unspecified atom stereocenters. The maximum atomic E-state index is 12.1. The lowest BCUT2D eigenvalue weighted by molar-refractivity contribution is -0.138. The number of nitrogens with zero attached hydrogens (tertiary/aromatic N) is 3. The highest BCUT2D eigenvalue weighted by Gasteiger charge is 2.32. The van der Waals surface area contributed by atoms with Crippen molar-refractivity contribution in [1.82, 2.24) is 14.7 Å². The van der Waals surface area contributed by atoms with Crippen molar-refractivity contribution in [3.05, 3.63) is 17.5 Å². The van der Waals surface area contributed by atoms with Crippen LogP contribution in [0.4, 0.5) is 13.2 Å². The van der Waals surface area contributed by atoms with Crippen molar-refractivity contribution in [2.45, 2.75) is 6.18 Å². The van der Waals surface area contributed by atoms with Crippen LogP contribution in [-0.4, -0.2) is 46.3 Å². The fourth-order valence-electron chi connectivity index (χ4n) is 1.24. The van der Waals surface area contributed by atoms with Crippen molar-refractivity contribution >= 4 is 11.8 Å². The van der Waals surface area contributed by atoms with Crippen LogP contribution in [0.25, 0.3) is 0 Å². The van der Waals surface area contributed by atoms with Gasteiger partial charge in [0.15, 0.2) is 5.69 Å². The van der Waals surface area contributed by atoms with Gasteiger partial charge in [-0.25, -0.2) is 0 Å². The Bertz CT molecular complexity index is 481. The fraction of sp³-hybridized carbons (Fsp3) is 0.444. The maximum Gasteiger partial charge on any atom is 0.406 e. The van der Waals surface area contributed by atoms with Gasteiger partial charge in [0.2, 0.25) is 0 Å². The van der Waals surface area contributed by atoms with Gasteiger partial charge in [0.25, 0.3) is 11.8 Å². The number of alkyl halides is 3. The lowest BCUT2D eigenvalue weighted by Gasteiger charge is -2.18. The summed E-state index contributed by atoms with van der Waals surface area (Å²) in [6.07, 6.45) is -4.50. The number of aryl methyl sites for hydroxylation is 1. The first-order valence-electron chi connectivity index (χ1n) is 4.70. The molecule has 1 radical (unpaired) electrons. The predicted molar refractivity (Wildman–Crippen MR) is 53.6 cm³/mol. The fourth-order valence-corrected chi connectivity index (χ4v) is 1.24. The summed E-state index contributed by atoms with van der Waals surface area (Å²) in [5, 5.41) is 3.57. The third kappa shape index (κ3) is 3.22. The van der Waals surface area contributed by atoms with Gasteiger partial charge in [0.05, 0.1) is 6.07 Å². The van der Waals surface area contributed by atoms with Crippen LogP contribution < -0.4 is 5.73 Å². The molecule has 0 spiro atoms. The Labute approximate surface area is 100 Å². The molecule has 0 saturated heterocycles. The first-order valence-corrected chi connectivity index (χ1v) is 4.70. The second-order valence-corrected chi connectivity index (χ2v) is 3.59. The molecule has 0 bridgehead atoms. The zero-order chi connectivity index (χ0) is 14.1. The van der Waals surface area contributed by atoms with Crippen LogP contribution in [0.1, 0.15) is 21.0 Å². The molecule has 99 valence electrons. The molecule has 0 aliphatic heterocycles. The molecule has 1 aromatic rings. The SMILES string of the molecule is CN(CC(F)(F)F)C(=O)c1[c]c(C(N)=O)nn1C. The Kier molecular flexibility index (Phi) is 3.63. The van der Waals surface area contributed by atoms with Gasteiger partial charge >= 0.3 is 6.18 Å². The molecule has 0 saturated carbocycles. The highest BCUT2D eigenvalue weighted by molar-refractivity contribution is 5.96. The zero-order valence-corrected chi connectivity index (χ0v) is 9.58. The van der Waals surface area contributed by atoms with Crippen molar-refractivity contribution in [2.75, 3.05) is 13.6 Å². The van der Waals surface area contributed by atoms with Gasteiger partial charge in [0.1, 0.15) is 12.2 Å². The molecule has 0 aromatic carbocycles. The Morgan fingerprint density at radius 1 is 1.50 bits per heavy atom. The van der Waals surface area contributed by atoms with Crippen LogP contribution in [0.5, 0.6) is 0 Å². The number of hydrogen-bond donors (Lipinski definition) is 1. The van der Waals surface area contributed by atoms with Crippen LogP contribution >= 0.6 is 0 Å². The molecule has 0 aliphatic rings. The van der Waals surface area contributed by atoms with Crippen molar-refractivity contribution in [1.29, 1.82) is 0 Å². The van der Waals surface area contributed by atoms with Crippen molar-refractivity contribution in [3.8, 4) is 0 Å². The predicted octanol–water partition coefficient (Wildman–Crippen LogP) is -0.0465. The normalized spacial score (nSPS) is 11.4. The first-order chi connectivity index (χ1) is 8.11. The molecule has 0 fully saturated rings. The van der Waals surface area contributed by atoms with E-state index in [4.69, 9.17) is 5.73 Å². The number of hydrogen-bond acceptors (Lipinski definition) is 3. The van der Waals surface area contributed by atoms with E-state index in [1.54, 1.807) is 0 Å². The Balaban J connectivity index is 2.93. The molecule has 0 aliphatic carbocycles. The number of rotatable bonds is 3. The number of aromatic nitrogens is 2. The lowest BCUT2D eigenvalue weighted by atomic mass is 10.3. The topological polar surface area (TPSA) is 81.2 Å². The summed E-state index contributed by atoms with van der Waals surface area (Å²) in [4.78, 5) is 22.9. The van der Waals surface area contributed by atoms with Crippen LogP contribution in [0.15, 0.2) is 0 Å². The summed E-state index contributed by atoms with van der Waals surface area (Å²) in [6.45, 7) is -1.41. The van der Waals surface area contributed by atoms with Crippen LogP contribution in [0.3, 0.4) is 0 Å². The first kappa shape index (κ1) is 14.0. The number of nitrogens with two attached hydrogens (primary N) is 1. The summed E-state index contributed by atoms with van der Waals surface area (Å²) in [7, 11) is 2.29. The highest BCUT2D eigenvalue weighted by atomic mass is 19.4. The molecular weight excluding hydrogens is 253 g/mol. The van der Waals surface area contributed by atoms with E-state index in [1.807, 2.05) is 0 Å². The average Bonchev–Trinajstić information content (AvgIpc) is 2.56. The molecule has 1 heterocycles. The molecule has 6 nitrogen and oxygen atoms in total. The summed E-state index contributed by atoms with van der Waals surface area (Å²) in [6, 6.07) is 2.27. The van der Waals surface area contributed by atoms with Gasteiger partial charge in [-0.05, 0) is 0 Å².